The minimum absolute atomic E-state index is 0.0956. The second-order valence-corrected chi connectivity index (χ2v) is 5.78. The van der Waals surface area contributed by atoms with Gasteiger partial charge in [-0.15, -0.1) is 0 Å². The molecule has 24 heavy (non-hydrogen) atoms. The number of carbonyl (C=O) groups excluding carboxylic acids is 2. The molecule has 3 N–H and O–H groups in total. The molecule has 6 nitrogen and oxygen atoms in total. The zero-order chi connectivity index (χ0) is 17.7. The summed E-state index contributed by atoms with van der Waals surface area (Å²) in [5.41, 5.74) is 5.52. The smallest absolute Gasteiger partial charge is 0.387 e. The number of anilines is 1. The van der Waals surface area contributed by atoms with Crippen molar-refractivity contribution in [1.29, 1.82) is 0 Å². The third-order valence-electron chi connectivity index (χ3n) is 4.14. The first-order chi connectivity index (χ1) is 11.4. The molecule has 0 aliphatic carbocycles. The zero-order valence-corrected chi connectivity index (χ0v) is 13.4. The molecule has 132 valence electrons. The molecule has 2 atom stereocenters. The molecule has 1 heterocycles. The van der Waals surface area contributed by atoms with Crippen LogP contribution in [0.5, 0.6) is 5.75 Å². The number of alkyl halides is 2. The molecule has 0 unspecified atom stereocenters. The van der Waals surface area contributed by atoms with E-state index in [-0.39, 0.29) is 29.2 Å². The Morgan fingerprint density at radius 3 is 2.75 bits per heavy atom. The van der Waals surface area contributed by atoms with E-state index in [1.54, 1.807) is 19.1 Å². The Morgan fingerprint density at radius 1 is 1.38 bits per heavy atom. The predicted molar refractivity (Wildman–Crippen MR) is 84.7 cm³/mol. The Hall–Kier alpha value is -2.22. The minimum Gasteiger partial charge on any atom is -0.433 e. The number of para-hydroxylation sites is 2. The summed E-state index contributed by atoms with van der Waals surface area (Å²) in [7, 11) is 0. The quantitative estimate of drug-likeness (QED) is 0.826. The van der Waals surface area contributed by atoms with Crippen LogP contribution < -0.4 is 15.8 Å². The zero-order valence-electron chi connectivity index (χ0n) is 13.4. The van der Waals surface area contributed by atoms with Crippen molar-refractivity contribution in [3.8, 4) is 5.75 Å². The molecule has 1 aromatic rings. The van der Waals surface area contributed by atoms with E-state index in [1.807, 2.05) is 4.90 Å². The molecule has 1 fully saturated rings. The molecule has 0 aromatic heterocycles. The maximum Gasteiger partial charge on any atom is 0.387 e. The molecule has 0 radical (unpaired) electrons. The standard InChI is InChI=1S/C16H21F2N3O3/c1-10(21-8-4-5-11(9-21)14(19)22)15(23)20-12-6-2-3-7-13(12)24-16(17)18/h2-3,6-7,10-11,16H,4-5,8-9H2,1H3,(H2,19,22)(H,20,23)/t10-,11-/m1/s1. The van der Waals surface area contributed by atoms with Crippen molar-refractivity contribution < 1.29 is 23.1 Å². The third-order valence-corrected chi connectivity index (χ3v) is 4.14. The number of primary amides is 1. The number of piperidine rings is 1. The monoisotopic (exact) mass is 341 g/mol. The van der Waals surface area contributed by atoms with Gasteiger partial charge in [-0.05, 0) is 38.4 Å². The number of nitrogens with one attached hydrogen (secondary N) is 1. The molecular weight excluding hydrogens is 320 g/mol. The molecule has 1 aliphatic heterocycles. The summed E-state index contributed by atoms with van der Waals surface area (Å²) in [4.78, 5) is 25.6. The summed E-state index contributed by atoms with van der Waals surface area (Å²) >= 11 is 0. The highest BCUT2D eigenvalue weighted by Crippen LogP contribution is 2.26. The summed E-state index contributed by atoms with van der Waals surface area (Å²) in [6.45, 7) is -0.180. The van der Waals surface area contributed by atoms with Crippen molar-refractivity contribution in [3.63, 3.8) is 0 Å². The van der Waals surface area contributed by atoms with Gasteiger partial charge in [-0.1, -0.05) is 12.1 Å². The van der Waals surface area contributed by atoms with Gasteiger partial charge in [0.2, 0.25) is 11.8 Å². The summed E-state index contributed by atoms with van der Waals surface area (Å²) in [5, 5.41) is 2.60. The summed E-state index contributed by atoms with van der Waals surface area (Å²) < 4.78 is 29.2. The van der Waals surface area contributed by atoms with Gasteiger partial charge >= 0.3 is 6.61 Å². The van der Waals surface area contributed by atoms with Crippen LogP contribution in [0.3, 0.4) is 0 Å². The molecule has 0 bridgehead atoms. The fourth-order valence-corrected chi connectivity index (χ4v) is 2.76. The lowest BCUT2D eigenvalue weighted by Gasteiger charge is -2.34. The number of benzene rings is 1. The number of carbonyl (C=O) groups is 2. The van der Waals surface area contributed by atoms with E-state index in [0.717, 1.165) is 6.42 Å². The van der Waals surface area contributed by atoms with Crippen molar-refractivity contribution in [2.24, 2.45) is 11.7 Å². The Labute approximate surface area is 138 Å². The fourth-order valence-electron chi connectivity index (χ4n) is 2.76. The van der Waals surface area contributed by atoms with Crippen molar-refractivity contribution in [2.45, 2.75) is 32.4 Å². The highest BCUT2D eigenvalue weighted by molar-refractivity contribution is 5.95. The lowest BCUT2D eigenvalue weighted by Crippen LogP contribution is -2.49. The molecule has 1 aromatic carbocycles. The Balaban J connectivity index is 2.03. The summed E-state index contributed by atoms with van der Waals surface area (Å²) in [6.07, 6.45) is 1.49. The second kappa shape index (κ2) is 8.05. The maximum atomic E-state index is 12.4. The molecule has 8 heteroatoms. The van der Waals surface area contributed by atoms with E-state index < -0.39 is 12.7 Å². The van der Waals surface area contributed by atoms with Crippen molar-refractivity contribution >= 4 is 17.5 Å². The highest BCUT2D eigenvalue weighted by atomic mass is 19.3. The Bertz CT molecular complexity index is 598. The van der Waals surface area contributed by atoms with Gasteiger partial charge in [-0.2, -0.15) is 8.78 Å². The third kappa shape index (κ3) is 4.64. The van der Waals surface area contributed by atoms with E-state index in [0.29, 0.717) is 19.5 Å². The number of halogens is 2. The highest BCUT2D eigenvalue weighted by Gasteiger charge is 2.30. The van der Waals surface area contributed by atoms with Crippen LogP contribution in [0.2, 0.25) is 0 Å². The van der Waals surface area contributed by atoms with Gasteiger partial charge in [0.05, 0.1) is 17.6 Å². The number of hydrogen-bond acceptors (Lipinski definition) is 4. The average molecular weight is 341 g/mol. The number of nitrogens with zero attached hydrogens (tertiary/aromatic N) is 1. The van der Waals surface area contributed by atoms with Gasteiger partial charge in [-0.3, -0.25) is 14.5 Å². The van der Waals surface area contributed by atoms with Crippen LogP contribution in [-0.4, -0.2) is 42.5 Å². The SMILES string of the molecule is C[C@H](C(=O)Nc1ccccc1OC(F)F)N1CCC[C@@H](C(N)=O)C1. The molecule has 0 spiro atoms. The number of ether oxygens (including phenoxy) is 1. The van der Waals surface area contributed by atoms with E-state index >= 15 is 0 Å². The van der Waals surface area contributed by atoms with Crippen LogP contribution in [0, 0.1) is 5.92 Å². The van der Waals surface area contributed by atoms with Crippen molar-refractivity contribution in [3.05, 3.63) is 24.3 Å². The van der Waals surface area contributed by atoms with E-state index in [4.69, 9.17) is 5.73 Å². The van der Waals surface area contributed by atoms with E-state index in [1.165, 1.54) is 12.1 Å². The molecule has 1 aliphatic rings. The van der Waals surface area contributed by atoms with Crippen molar-refractivity contribution in [1.82, 2.24) is 4.90 Å². The largest absolute Gasteiger partial charge is 0.433 e. The maximum absolute atomic E-state index is 12.4. The van der Waals surface area contributed by atoms with Gasteiger partial charge in [-0.25, -0.2) is 0 Å². The van der Waals surface area contributed by atoms with E-state index in [9.17, 15) is 18.4 Å². The second-order valence-electron chi connectivity index (χ2n) is 5.78. The van der Waals surface area contributed by atoms with Crippen LogP contribution in [0.1, 0.15) is 19.8 Å². The van der Waals surface area contributed by atoms with Crippen LogP contribution in [0.25, 0.3) is 0 Å². The van der Waals surface area contributed by atoms with Gasteiger partial charge < -0.3 is 15.8 Å². The van der Waals surface area contributed by atoms with Crippen LogP contribution in [-0.2, 0) is 9.59 Å². The van der Waals surface area contributed by atoms with Crippen LogP contribution in [0.15, 0.2) is 24.3 Å². The van der Waals surface area contributed by atoms with Gasteiger partial charge in [0.1, 0.15) is 5.75 Å². The fraction of sp³-hybridized carbons (Fsp3) is 0.500. The van der Waals surface area contributed by atoms with Gasteiger partial charge in [0.25, 0.3) is 0 Å². The predicted octanol–water partition coefficient (Wildman–Crippen LogP) is 1.81. The molecule has 2 rings (SSSR count). The molecule has 1 saturated heterocycles. The first kappa shape index (κ1) is 18.1. The first-order valence-corrected chi connectivity index (χ1v) is 7.76. The molecule has 2 amide bonds. The van der Waals surface area contributed by atoms with Crippen molar-refractivity contribution in [2.75, 3.05) is 18.4 Å². The Morgan fingerprint density at radius 2 is 2.08 bits per heavy atom. The normalized spacial score (nSPS) is 19.8. The topological polar surface area (TPSA) is 84.7 Å². The van der Waals surface area contributed by atoms with Gasteiger partial charge in [0.15, 0.2) is 0 Å². The van der Waals surface area contributed by atoms with Crippen LogP contribution >= 0.6 is 0 Å². The summed E-state index contributed by atoms with van der Waals surface area (Å²) in [6, 6.07) is 5.48. The van der Waals surface area contributed by atoms with Crippen LogP contribution in [0.4, 0.5) is 14.5 Å². The average Bonchev–Trinajstić information content (AvgIpc) is 2.55. The number of rotatable bonds is 6. The van der Waals surface area contributed by atoms with Gasteiger partial charge in [0, 0.05) is 6.54 Å². The number of nitrogens with two attached hydrogens (primary N) is 1. The number of amides is 2. The molecular formula is C16H21F2N3O3. The van der Waals surface area contributed by atoms with E-state index in [2.05, 4.69) is 10.1 Å². The Kier molecular flexibility index (Phi) is 6.08. The number of likely N-dealkylation sites (tertiary alicyclic amines) is 1. The number of hydrogen-bond donors (Lipinski definition) is 2. The first-order valence-electron chi connectivity index (χ1n) is 7.76. The lowest BCUT2D eigenvalue weighted by atomic mass is 9.96. The molecule has 0 saturated carbocycles. The lowest BCUT2D eigenvalue weighted by molar-refractivity contribution is -0.127. The summed E-state index contributed by atoms with van der Waals surface area (Å²) in [5.74, 6) is -1.10. The minimum atomic E-state index is -2.97.